The minimum Gasteiger partial charge on any atom is -0.310 e. The minimum absolute atomic E-state index is 0.525. The largest absolute Gasteiger partial charge is 0.310 e. The van der Waals surface area contributed by atoms with Crippen LogP contribution in [0.2, 0.25) is 0 Å². The van der Waals surface area contributed by atoms with Crippen LogP contribution in [0.25, 0.3) is 65.7 Å². The zero-order chi connectivity index (χ0) is 45.0. The molecule has 0 heterocycles. The number of rotatable bonds is 8. The maximum atomic E-state index is 2.53. The summed E-state index contributed by atoms with van der Waals surface area (Å²) in [5.41, 5.74) is 17.0. The summed E-state index contributed by atoms with van der Waals surface area (Å²) in [7, 11) is 0. The third-order valence-electron chi connectivity index (χ3n) is 15.3. The maximum absolute atomic E-state index is 2.53. The van der Waals surface area contributed by atoms with Gasteiger partial charge in [-0.3, -0.25) is 0 Å². The van der Waals surface area contributed by atoms with E-state index in [0.717, 1.165) is 17.1 Å². The monoisotopic (exact) mass is 869 g/mol. The Morgan fingerprint density at radius 1 is 0.353 bits per heavy atom. The molecule has 0 radical (unpaired) electrons. The second-order valence-corrected chi connectivity index (χ2v) is 18.9. The highest BCUT2D eigenvalue weighted by atomic mass is 15.1. The highest BCUT2D eigenvalue weighted by Gasteiger charge is 2.46. The average Bonchev–Trinajstić information content (AvgIpc) is 3.72. The molecule has 0 atom stereocenters. The van der Waals surface area contributed by atoms with Gasteiger partial charge in [-0.25, -0.2) is 0 Å². The number of nitrogens with zero attached hydrogens (tertiary/aromatic N) is 1. The Labute approximate surface area is 399 Å². The summed E-state index contributed by atoms with van der Waals surface area (Å²) in [6, 6.07) is 91.1. The molecule has 1 fully saturated rings. The highest BCUT2D eigenvalue weighted by molar-refractivity contribution is 6.12. The molecule has 0 saturated heterocycles. The molecule has 0 unspecified atom stereocenters. The van der Waals surface area contributed by atoms with E-state index in [0.29, 0.717) is 5.92 Å². The molecule has 11 aromatic rings. The molecule has 0 aliphatic heterocycles. The Morgan fingerprint density at radius 2 is 0.941 bits per heavy atom. The molecule has 68 heavy (non-hydrogen) atoms. The lowest BCUT2D eigenvalue weighted by atomic mass is 9.67. The lowest BCUT2D eigenvalue weighted by Gasteiger charge is -2.35. The van der Waals surface area contributed by atoms with Gasteiger partial charge in [0, 0.05) is 16.9 Å². The number of hydrogen-bond acceptors (Lipinski definition) is 1. The van der Waals surface area contributed by atoms with Crippen LogP contribution >= 0.6 is 0 Å². The van der Waals surface area contributed by atoms with Crippen LogP contribution in [-0.2, 0) is 5.41 Å². The molecule has 1 saturated carbocycles. The first-order valence-electron chi connectivity index (χ1n) is 24.5. The van der Waals surface area contributed by atoms with E-state index in [1.807, 2.05) is 0 Å². The van der Waals surface area contributed by atoms with Gasteiger partial charge in [0.2, 0.25) is 0 Å². The van der Waals surface area contributed by atoms with E-state index in [2.05, 4.69) is 248 Å². The summed E-state index contributed by atoms with van der Waals surface area (Å²) >= 11 is 0. The van der Waals surface area contributed by atoms with Gasteiger partial charge < -0.3 is 4.90 Å². The molecule has 13 rings (SSSR count). The molecule has 0 spiro atoms. The zero-order valence-electron chi connectivity index (χ0n) is 38.2. The van der Waals surface area contributed by atoms with Gasteiger partial charge in [-0.05, 0) is 137 Å². The summed E-state index contributed by atoms with van der Waals surface area (Å²) in [6.45, 7) is 0. The van der Waals surface area contributed by atoms with Crippen molar-refractivity contribution < 1.29 is 0 Å². The van der Waals surface area contributed by atoms with Crippen molar-refractivity contribution in [2.24, 2.45) is 0 Å². The fraction of sp³-hybridized carbons (Fsp3) is 0.104. The van der Waals surface area contributed by atoms with Crippen molar-refractivity contribution in [3.05, 3.63) is 270 Å². The topological polar surface area (TPSA) is 3.24 Å². The molecule has 324 valence electrons. The Bertz CT molecular complexity index is 3610. The summed E-state index contributed by atoms with van der Waals surface area (Å²) < 4.78 is 0. The summed E-state index contributed by atoms with van der Waals surface area (Å²) in [5, 5.41) is 7.80. The van der Waals surface area contributed by atoms with Crippen LogP contribution in [0.5, 0.6) is 0 Å². The Kier molecular flexibility index (Phi) is 9.90. The molecule has 1 nitrogen and oxygen atoms in total. The van der Waals surface area contributed by atoms with Gasteiger partial charge in [-0.15, -0.1) is 0 Å². The van der Waals surface area contributed by atoms with Crippen molar-refractivity contribution in [2.45, 2.75) is 43.4 Å². The lowest BCUT2D eigenvalue weighted by Crippen LogP contribution is -2.28. The molecule has 0 aromatic heterocycles. The highest BCUT2D eigenvalue weighted by Crippen LogP contribution is 2.58. The second kappa shape index (κ2) is 16.7. The van der Waals surface area contributed by atoms with Crippen LogP contribution in [0.1, 0.15) is 65.8 Å². The molecule has 0 amide bonds. The van der Waals surface area contributed by atoms with E-state index < -0.39 is 5.41 Å². The van der Waals surface area contributed by atoms with Crippen LogP contribution < -0.4 is 4.90 Å². The van der Waals surface area contributed by atoms with Gasteiger partial charge >= 0.3 is 0 Å². The molecule has 1 heteroatoms. The molecule has 0 bridgehead atoms. The first-order valence-corrected chi connectivity index (χ1v) is 24.5. The third-order valence-corrected chi connectivity index (χ3v) is 15.3. The van der Waals surface area contributed by atoms with Crippen molar-refractivity contribution in [1.82, 2.24) is 0 Å². The zero-order valence-corrected chi connectivity index (χ0v) is 38.2. The molecule has 2 aliphatic rings. The number of hydrogen-bond donors (Lipinski definition) is 0. The van der Waals surface area contributed by atoms with Gasteiger partial charge in [-0.1, -0.05) is 232 Å². The van der Waals surface area contributed by atoms with Crippen molar-refractivity contribution in [3.63, 3.8) is 0 Å². The molecule has 2 aliphatic carbocycles. The first kappa shape index (κ1) is 40.3. The van der Waals surface area contributed by atoms with Crippen LogP contribution in [-0.4, -0.2) is 0 Å². The molecule has 0 N–H and O–H groups in total. The predicted octanol–water partition coefficient (Wildman–Crippen LogP) is 18.4. The first-order chi connectivity index (χ1) is 33.8. The van der Waals surface area contributed by atoms with Gasteiger partial charge in [0.15, 0.2) is 0 Å². The van der Waals surface area contributed by atoms with Gasteiger partial charge in [0.25, 0.3) is 0 Å². The standard InChI is InChI=1S/C67H51N/c1-4-19-46(20-5-1)56-32-16-22-49-23-17-34-62(66(49)56)61-30-13-15-36-65(61)68(52-40-37-48(38-41-52)55-31-18-33-57-54-28-11-10-21-47(54)39-43-58(55)57)53-42-44-60-59-29-12-14-35-63(59)67(64(60)45-53,50-24-6-2-7-25-50)51-26-8-3-9-27-51/h2-3,6-18,21-46H,1,4-5,19-20H2. The fourth-order valence-electron chi connectivity index (χ4n) is 12.3. The van der Waals surface area contributed by atoms with Gasteiger partial charge in [0.05, 0.1) is 11.1 Å². The Hall–Kier alpha value is -8.00. The Balaban J connectivity index is 1.05. The molecule has 11 aromatic carbocycles. The Morgan fingerprint density at radius 3 is 1.74 bits per heavy atom. The predicted molar refractivity (Wildman–Crippen MR) is 288 cm³/mol. The second-order valence-electron chi connectivity index (χ2n) is 18.9. The van der Waals surface area contributed by atoms with E-state index in [1.165, 1.54) is 126 Å². The lowest BCUT2D eigenvalue weighted by molar-refractivity contribution is 0.445. The summed E-state index contributed by atoms with van der Waals surface area (Å²) in [5.74, 6) is 0.568. The number of para-hydroxylation sites is 1. The third kappa shape index (κ3) is 6.44. The van der Waals surface area contributed by atoms with Crippen molar-refractivity contribution >= 4 is 49.4 Å². The van der Waals surface area contributed by atoms with E-state index in [9.17, 15) is 0 Å². The van der Waals surface area contributed by atoms with Crippen LogP contribution in [0.3, 0.4) is 0 Å². The van der Waals surface area contributed by atoms with E-state index in [4.69, 9.17) is 0 Å². The normalized spacial score (nSPS) is 14.2. The number of fused-ring (bicyclic) bond motifs is 7. The van der Waals surface area contributed by atoms with E-state index in [1.54, 1.807) is 0 Å². The smallest absolute Gasteiger partial charge is 0.0714 e. The quantitative estimate of drug-likeness (QED) is 0.138. The van der Waals surface area contributed by atoms with Gasteiger partial charge in [0.1, 0.15) is 0 Å². The number of benzene rings is 11. The van der Waals surface area contributed by atoms with Crippen molar-refractivity contribution in [1.29, 1.82) is 0 Å². The minimum atomic E-state index is -0.525. The van der Waals surface area contributed by atoms with Gasteiger partial charge in [-0.2, -0.15) is 0 Å². The van der Waals surface area contributed by atoms with Crippen LogP contribution in [0, 0.1) is 0 Å². The molecular weight excluding hydrogens is 819 g/mol. The fourth-order valence-corrected chi connectivity index (χ4v) is 12.3. The van der Waals surface area contributed by atoms with E-state index >= 15 is 0 Å². The molecular formula is C67H51N. The maximum Gasteiger partial charge on any atom is 0.0714 e. The summed E-state index contributed by atoms with van der Waals surface area (Å²) in [4.78, 5) is 2.53. The number of anilines is 3. The van der Waals surface area contributed by atoms with Crippen LogP contribution in [0.4, 0.5) is 17.1 Å². The average molecular weight is 870 g/mol. The van der Waals surface area contributed by atoms with E-state index in [-0.39, 0.29) is 0 Å². The van der Waals surface area contributed by atoms with Crippen molar-refractivity contribution in [2.75, 3.05) is 4.90 Å². The van der Waals surface area contributed by atoms with Crippen molar-refractivity contribution in [3.8, 4) is 33.4 Å². The summed E-state index contributed by atoms with van der Waals surface area (Å²) in [6.07, 6.45) is 6.44. The SMILES string of the molecule is c1ccc(C2(c3ccccc3)c3ccccc3-c3ccc(N(c4ccc(-c5cccc6c5ccc5ccccc56)cc4)c4ccccc4-c4cccc5cccc(C6CCCCC6)c45)cc32)cc1. The van der Waals surface area contributed by atoms with Crippen LogP contribution in [0.15, 0.2) is 243 Å².